The van der Waals surface area contributed by atoms with Gasteiger partial charge in [0.1, 0.15) is 6.61 Å². The predicted molar refractivity (Wildman–Crippen MR) is 108 cm³/mol. The number of nitrogens with one attached hydrogen (secondary N) is 2. The zero-order valence-electron chi connectivity index (χ0n) is 16.3. The van der Waals surface area contributed by atoms with Crippen molar-refractivity contribution in [1.29, 1.82) is 0 Å². The van der Waals surface area contributed by atoms with Gasteiger partial charge in [0.2, 0.25) is 17.6 Å². The first-order valence-corrected chi connectivity index (χ1v) is 9.31. The molecule has 0 saturated carbocycles. The number of hydrogen-bond donors (Lipinski definition) is 2. The van der Waals surface area contributed by atoms with Crippen LogP contribution in [0.4, 0.5) is 5.69 Å². The second-order valence-electron chi connectivity index (χ2n) is 6.46. The van der Waals surface area contributed by atoms with E-state index in [0.29, 0.717) is 12.1 Å². The van der Waals surface area contributed by atoms with Crippen molar-refractivity contribution in [3.05, 3.63) is 65.7 Å². The van der Waals surface area contributed by atoms with Gasteiger partial charge in [-0.15, -0.1) is 0 Å². The van der Waals surface area contributed by atoms with E-state index in [2.05, 4.69) is 10.6 Å². The van der Waals surface area contributed by atoms with E-state index in [1.807, 2.05) is 30.3 Å². The number of ether oxygens (including phenoxy) is 1. The molecule has 2 rings (SSSR count). The highest BCUT2D eigenvalue weighted by Crippen LogP contribution is 2.11. The summed E-state index contributed by atoms with van der Waals surface area (Å²) < 4.78 is 4.96. The minimum absolute atomic E-state index is 0.0402. The second kappa shape index (κ2) is 11.4. The zero-order valence-corrected chi connectivity index (χ0v) is 16.3. The van der Waals surface area contributed by atoms with E-state index in [1.54, 1.807) is 24.3 Å². The lowest BCUT2D eigenvalue weighted by Gasteiger charge is -2.07. The van der Waals surface area contributed by atoms with Crippen molar-refractivity contribution in [2.24, 2.45) is 0 Å². The summed E-state index contributed by atoms with van der Waals surface area (Å²) in [6.07, 6.45) is 0.677. The van der Waals surface area contributed by atoms with Gasteiger partial charge >= 0.3 is 5.97 Å². The minimum Gasteiger partial charge on any atom is -0.455 e. The smallest absolute Gasteiger partial charge is 0.374 e. The van der Waals surface area contributed by atoms with Gasteiger partial charge < -0.3 is 15.4 Å². The largest absolute Gasteiger partial charge is 0.455 e. The highest BCUT2D eigenvalue weighted by atomic mass is 16.5. The number of carbonyl (C=O) groups is 4. The van der Waals surface area contributed by atoms with Crippen LogP contribution in [0.2, 0.25) is 0 Å². The molecule has 0 aliphatic heterocycles. The molecule has 0 bridgehead atoms. The maximum Gasteiger partial charge on any atom is 0.374 e. The van der Waals surface area contributed by atoms with Crippen LogP contribution in [0.1, 0.15) is 30.9 Å². The van der Waals surface area contributed by atoms with E-state index in [1.165, 1.54) is 6.92 Å². The number of benzene rings is 2. The molecular formula is C22H24N2O5. The third-order valence-electron chi connectivity index (χ3n) is 4.03. The minimum atomic E-state index is -0.901. The number of carbonyl (C=O) groups excluding carboxylic acids is 4. The predicted octanol–water partition coefficient (Wildman–Crippen LogP) is 2.40. The first-order chi connectivity index (χ1) is 13.9. The summed E-state index contributed by atoms with van der Waals surface area (Å²) in [6.45, 7) is 1.56. The normalized spacial score (nSPS) is 10.1. The van der Waals surface area contributed by atoms with E-state index in [9.17, 15) is 19.2 Å². The maximum atomic E-state index is 11.9. The van der Waals surface area contributed by atoms with Crippen LogP contribution in [0.15, 0.2) is 54.6 Å². The fraction of sp³-hybridized carbons (Fsp3) is 0.273. The van der Waals surface area contributed by atoms with Gasteiger partial charge in [-0.25, -0.2) is 4.79 Å². The number of esters is 1. The van der Waals surface area contributed by atoms with Crippen molar-refractivity contribution in [3.63, 3.8) is 0 Å². The zero-order chi connectivity index (χ0) is 21.1. The Morgan fingerprint density at radius 1 is 0.862 bits per heavy atom. The molecule has 2 aromatic carbocycles. The van der Waals surface area contributed by atoms with Crippen molar-refractivity contribution in [2.45, 2.75) is 32.8 Å². The van der Waals surface area contributed by atoms with Crippen molar-refractivity contribution >= 4 is 29.3 Å². The van der Waals surface area contributed by atoms with Crippen molar-refractivity contribution in [2.75, 3.05) is 11.9 Å². The number of amides is 2. The summed E-state index contributed by atoms with van der Waals surface area (Å²) in [7, 11) is 0. The lowest BCUT2D eigenvalue weighted by atomic mass is 10.1. The Bertz CT molecular complexity index is 847. The molecule has 0 unspecified atom stereocenters. The van der Waals surface area contributed by atoms with Crippen molar-refractivity contribution in [1.82, 2.24) is 5.32 Å². The molecular weight excluding hydrogens is 372 g/mol. The molecule has 0 saturated heterocycles. The van der Waals surface area contributed by atoms with Gasteiger partial charge in [0.25, 0.3) is 0 Å². The highest BCUT2D eigenvalue weighted by Gasteiger charge is 2.15. The molecule has 7 nitrogen and oxygen atoms in total. The summed E-state index contributed by atoms with van der Waals surface area (Å²) in [5.41, 5.74) is 2.45. The third kappa shape index (κ3) is 8.38. The molecule has 152 valence electrons. The van der Waals surface area contributed by atoms with E-state index in [0.717, 1.165) is 11.1 Å². The van der Waals surface area contributed by atoms with Gasteiger partial charge in [-0.3, -0.25) is 14.4 Å². The second-order valence-corrected chi connectivity index (χ2v) is 6.46. The molecule has 0 fully saturated rings. The van der Waals surface area contributed by atoms with Gasteiger partial charge in [-0.1, -0.05) is 42.5 Å². The summed E-state index contributed by atoms with van der Waals surface area (Å²) >= 11 is 0. The fourth-order valence-electron chi connectivity index (χ4n) is 2.53. The lowest BCUT2D eigenvalue weighted by molar-refractivity contribution is -0.154. The molecule has 2 aromatic rings. The van der Waals surface area contributed by atoms with Crippen LogP contribution in [-0.4, -0.2) is 30.1 Å². The number of Topliss-reactive ketones (excluding diaryl/α,β-unsaturated/α-hetero) is 1. The average Bonchev–Trinajstić information content (AvgIpc) is 2.71. The van der Waals surface area contributed by atoms with Crippen LogP contribution in [0, 0.1) is 0 Å². The van der Waals surface area contributed by atoms with Crippen molar-refractivity contribution in [3.8, 4) is 0 Å². The van der Waals surface area contributed by atoms with Crippen LogP contribution >= 0.6 is 0 Å². The molecule has 0 aliphatic rings. The van der Waals surface area contributed by atoms with E-state index >= 15 is 0 Å². The molecule has 0 aromatic heterocycles. The first kappa shape index (κ1) is 21.8. The Balaban J connectivity index is 1.62. The molecule has 7 heteroatoms. The van der Waals surface area contributed by atoms with E-state index < -0.39 is 11.8 Å². The summed E-state index contributed by atoms with van der Waals surface area (Å²) in [6, 6.07) is 16.3. The van der Waals surface area contributed by atoms with Crippen molar-refractivity contribution < 1.29 is 23.9 Å². The monoisotopic (exact) mass is 396 g/mol. The van der Waals surface area contributed by atoms with Crippen LogP contribution in [-0.2, 0) is 36.9 Å². The molecule has 29 heavy (non-hydrogen) atoms. The van der Waals surface area contributed by atoms with E-state index in [-0.39, 0.29) is 37.8 Å². The molecule has 2 amide bonds. The van der Waals surface area contributed by atoms with Gasteiger partial charge in [0.05, 0.1) is 0 Å². The Morgan fingerprint density at radius 3 is 2.21 bits per heavy atom. The van der Waals surface area contributed by atoms with Crippen LogP contribution < -0.4 is 10.6 Å². The highest BCUT2D eigenvalue weighted by molar-refractivity contribution is 6.33. The summed E-state index contributed by atoms with van der Waals surface area (Å²) in [5, 5.41) is 5.30. The van der Waals surface area contributed by atoms with Gasteiger partial charge in [0.15, 0.2) is 0 Å². The first-order valence-electron chi connectivity index (χ1n) is 9.31. The number of hydrogen-bond acceptors (Lipinski definition) is 5. The molecule has 0 atom stereocenters. The topological polar surface area (TPSA) is 102 Å². The molecule has 0 aliphatic carbocycles. The van der Waals surface area contributed by atoms with Gasteiger partial charge in [0, 0.05) is 32.0 Å². The molecule has 2 N–H and O–H groups in total. The van der Waals surface area contributed by atoms with Gasteiger partial charge in [-0.2, -0.15) is 0 Å². The Labute approximate surface area is 169 Å². The van der Waals surface area contributed by atoms with Crippen LogP contribution in [0.5, 0.6) is 0 Å². The SMILES string of the molecule is CC(=O)Nc1ccc(CCC(=O)NCCC(=O)C(=O)OCc2ccccc2)cc1. The average molecular weight is 396 g/mol. The quantitative estimate of drug-likeness (QED) is 0.474. The molecule has 0 heterocycles. The Kier molecular flexibility index (Phi) is 8.56. The van der Waals surface area contributed by atoms with Crippen LogP contribution in [0.3, 0.4) is 0 Å². The maximum absolute atomic E-state index is 11.9. The number of rotatable bonds is 10. The number of aryl methyl sites for hydroxylation is 1. The summed E-state index contributed by atoms with van der Waals surface area (Å²) in [5.74, 6) is -1.92. The lowest BCUT2D eigenvalue weighted by Crippen LogP contribution is -2.28. The third-order valence-corrected chi connectivity index (χ3v) is 4.03. The molecule has 0 radical (unpaired) electrons. The summed E-state index contributed by atoms with van der Waals surface area (Å²) in [4.78, 5) is 46.3. The molecule has 0 spiro atoms. The Morgan fingerprint density at radius 2 is 1.55 bits per heavy atom. The van der Waals surface area contributed by atoms with E-state index in [4.69, 9.17) is 4.74 Å². The van der Waals surface area contributed by atoms with Crippen LogP contribution in [0.25, 0.3) is 0 Å². The number of anilines is 1. The van der Waals surface area contributed by atoms with Gasteiger partial charge in [-0.05, 0) is 29.7 Å². The fourth-order valence-corrected chi connectivity index (χ4v) is 2.53. The number of ketones is 1. The standard InChI is InChI=1S/C22H24N2O5/c1-16(25)24-19-10-7-17(8-11-19)9-12-21(27)23-14-13-20(26)22(28)29-15-18-5-3-2-4-6-18/h2-8,10-11H,9,12-15H2,1H3,(H,23,27)(H,24,25). The Hall–Kier alpha value is -3.48.